The van der Waals surface area contributed by atoms with Crippen LogP contribution in [0, 0.1) is 0 Å². The molecular weight excluding hydrogens is 444 g/mol. The summed E-state index contributed by atoms with van der Waals surface area (Å²) >= 11 is 2.70. The molecule has 0 aromatic heterocycles. The Morgan fingerprint density at radius 1 is 0.750 bits per heavy atom. The molecule has 0 aliphatic rings. The van der Waals surface area contributed by atoms with Crippen LogP contribution < -0.4 is 21.5 Å². The van der Waals surface area contributed by atoms with Crippen molar-refractivity contribution in [2.75, 3.05) is 14.1 Å². The third-order valence-corrected chi connectivity index (χ3v) is 5.96. The summed E-state index contributed by atoms with van der Waals surface area (Å²) in [5.74, 6) is -0.314. The van der Waals surface area contributed by atoms with E-state index in [9.17, 15) is 9.59 Å². The average Bonchev–Trinajstić information content (AvgIpc) is 2.75. The van der Waals surface area contributed by atoms with Gasteiger partial charge in [0, 0.05) is 14.1 Å². The zero-order valence-corrected chi connectivity index (χ0v) is 19.9. The van der Waals surface area contributed by atoms with Crippen molar-refractivity contribution in [3.05, 3.63) is 71.8 Å². The number of benzene rings is 2. The quantitative estimate of drug-likeness (QED) is 0.204. The molecule has 0 radical (unpaired) electrons. The maximum atomic E-state index is 12.4. The minimum Gasteiger partial charge on any atom is -0.311 e. The number of amidine groups is 2. The molecule has 0 heterocycles. The van der Waals surface area contributed by atoms with Crippen LogP contribution in [0.15, 0.2) is 70.9 Å². The zero-order valence-electron chi connectivity index (χ0n) is 18.3. The number of hydrogen-bond donors (Lipinski definition) is 4. The zero-order chi connectivity index (χ0) is 23.2. The SMILES string of the molecule is CN/N=C(/NC(=O)Cc1ccccc1)SC(C)S/C(=N\NC)NC(=O)Cc1ccccc1. The van der Waals surface area contributed by atoms with Crippen LogP contribution in [0.1, 0.15) is 18.1 Å². The Morgan fingerprint density at radius 2 is 1.12 bits per heavy atom. The number of amides is 2. The van der Waals surface area contributed by atoms with Crippen LogP contribution in [0.2, 0.25) is 0 Å². The monoisotopic (exact) mass is 472 g/mol. The molecule has 0 atom stereocenters. The second kappa shape index (κ2) is 14.2. The Kier molecular flexibility index (Phi) is 11.2. The van der Waals surface area contributed by atoms with Gasteiger partial charge in [-0.05, 0) is 18.1 Å². The maximum Gasteiger partial charge on any atom is 0.230 e. The number of hydrazone groups is 2. The highest BCUT2D eigenvalue weighted by atomic mass is 32.2. The first kappa shape index (κ1) is 25.3. The van der Waals surface area contributed by atoms with Crippen molar-refractivity contribution >= 4 is 45.7 Å². The van der Waals surface area contributed by atoms with Crippen LogP contribution in [0.4, 0.5) is 0 Å². The molecule has 2 amide bonds. The molecule has 2 aromatic carbocycles. The van der Waals surface area contributed by atoms with Gasteiger partial charge in [0.05, 0.1) is 17.4 Å². The predicted octanol–water partition coefficient (Wildman–Crippen LogP) is 2.50. The summed E-state index contributed by atoms with van der Waals surface area (Å²) in [6, 6.07) is 19.0. The Morgan fingerprint density at radius 3 is 1.47 bits per heavy atom. The van der Waals surface area contributed by atoms with E-state index >= 15 is 0 Å². The number of nitrogens with zero attached hydrogens (tertiary/aromatic N) is 2. The Bertz CT molecular complexity index is 847. The van der Waals surface area contributed by atoms with Crippen LogP contribution in [0.25, 0.3) is 0 Å². The standard InChI is InChI=1S/C22H28N6O2S2/c1-16(31-21(27-23-2)25-19(29)14-17-10-6-4-7-11-17)32-22(28-24-3)26-20(30)15-18-12-8-5-9-13-18/h4-13,16,23-24H,14-15H2,1-3H3,(H,25,27,29)(H,26,28,30). The lowest BCUT2D eigenvalue weighted by atomic mass is 10.1. The summed E-state index contributed by atoms with van der Waals surface area (Å²) < 4.78 is -0.0942. The van der Waals surface area contributed by atoms with E-state index in [-0.39, 0.29) is 29.2 Å². The first-order chi connectivity index (χ1) is 15.5. The van der Waals surface area contributed by atoms with E-state index in [4.69, 9.17) is 0 Å². The van der Waals surface area contributed by atoms with Crippen molar-refractivity contribution < 1.29 is 9.59 Å². The molecule has 0 fully saturated rings. The molecule has 8 nitrogen and oxygen atoms in total. The highest BCUT2D eigenvalue weighted by Gasteiger charge is 2.17. The van der Waals surface area contributed by atoms with Crippen LogP contribution in [0.3, 0.4) is 0 Å². The lowest BCUT2D eigenvalue weighted by Crippen LogP contribution is -2.33. The molecule has 0 aliphatic carbocycles. The van der Waals surface area contributed by atoms with Gasteiger partial charge in [-0.25, -0.2) is 0 Å². The summed E-state index contributed by atoms with van der Waals surface area (Å²) in [4.78, 5) is 24.8. The summed E-state index contributed by atoms with van der Waals surface area (Å²) in [6.45, 7) is 1.94. The third-order valence-electron chi connectivity index (χ3n) is 3.89. The van der Waals surface area contributed by atoms with Gasteiger partial charge in [-0.2, -0.15) is 10.2 Å². The number of thioether (sulfide) groups is 2. The van der Waals surface area contributed by atoms with Crippen molar-refractivity contribution in [2.45, 2.75) is 24.3 Å². The van der Waals surface area contributed by atoms with E-state index in [1.165, 1.54) is 23.5 Å². The number of carbonyl (C=O) groups is 2. The van der Waals surface area contributed by atoms with Crippen LogP contribution in [-0.2, 0) is 22.4 Å². The van der Waals surface area contributed by atoms with Gasteiger partial charge in [-0.15, -0.1) is 0 Å². The molecule has 170 valence electrons. The van der Waals surface area contributed by atoms with E-state index in [0.717, 1.165) is 11.1 Å². The largest absolute Gasteiger partial charge is 0.311 e. The number of carbonyl (C=O) groups excluding carboxylic acids is 2. The fraction of sp³-hybridized carbons (Fsp3) is 0.273. The molecule has 0 bridgehead atoms. The number of nitrogens with one attached hydrogen (secondary N) is 4. The molecule has 0 saturated heterocycles. The van der Waals surface area contributed by atoms with Crippen molar-refractivity contribution in [1.82, 2.24) is 21.5 Å². The van der Waals surface area contributed by atoms with Crippen LogP contribution >= 0.6 is 23.5 Å². The maximum absolute atomic E-state index is 12.4. The molecule has 4 N–H and O–H groups in total. The van der Waals surface area contributed by atoms with E-state index in [1.54, 1.807) is 14.1 Å². The van der Waals surface area contributed by atoms with E-state index < -0.39 is 0 Å². The van der Waals surface area contributed by atoms with Gasteiger partial charge in [0.1, 0.15) is 0 Å². The molecule has 0 spiro atoms. The minimum atomic E-state index is -0.157. The van der Waals surface area contributed by atoms with Gasteiger partial charge in [0.25, 0.3) is 0 Å². The van der Waals surface area contributed by atoms with Crippen molar-refractivity contribution in [2.24, 2.45) is 10.2 Å². The van der Waals surface area contributed by atoms with E-state index in [0.29, 0.717) is 10.3 Å². The minimum absolute atomic E-state index is 0.0942. The topological polar surface area (TPSA) is 107 Å². The predicted molar refractivity (Wildman–Crippen MR) is 134 cm³/mol. The number of hydrogen-bond acceptors (Lipinski definition) is 8. The Hall–Kier alpha value is -2.98. The molecule has 32 heavy (non-hydrogen) atoms. The summed E-state index contributed by atoms with van der Waals surface area (Å²) in [6.07, 6.45) is 0.515. The normalized spacial score (nSPS) is 12.6. The van der Waals surface area contributed by atoms with Crippen molar-refractivity contribution in [3.63, 3.8) is 0 Å². The van der Waals surface area contributed by atoms with Gasteiger partial charge >= 0.3 is 0 Å². The molecule has 0 aliphatic heterocycles. The highest BCUT2D eigenvalue weighted by molar-refractivity contribution is 8.30. The second-order valence-electron chi connectivity index (χ2n) is 6.51. The first-order valence-corrected chi connectivity index (χ1v) is 11.8. The van der Waals surface area contributed by atoms with Crippen molar-refractivity contribution in [1.29, 1.82) is 0 Å². The molecule has 0 unspecified atom stereocenters. The Labute approximate surface area is 197 Å². The molecular formula is C22H28N6O2S2. The van der Waals surface area contributed by atoms with E-state index in [1.807, 2.05) is 67.6 Å². The van der Waals surface area contributed by atoms with Crippen LogP contribution in [-0.4, -0.2) is 40.8 Å². The smallest absolute Gasteiger partial charge is 0.230 e. The molecule has 2 rings (SSSR count). The second-order valence-corrected chi connectivity index (χ2v) is 9.46. The third kappa shape index (κ3) is 9.88. The number of rotatable bonds is 8. The van der Waals surface area contributed by atoms with Gasteiger partial charge < -0.3 is 21.5 Å². The lowest BCUT2D eigenvalue weighted by molar-refractivity contribution is -0.119. The summed E-state index contributed by atoms with van der Waals surface area (Å²) in [5.41, 5.74) is 7.27. The highest BCUT2D eigenvalue weighted by Crippen LogP contribution is 2.24. The summed E-state index contributed by atoms with van der Waals surface area (Å²) in [5, 5.41) is 14.9. The molecule has 2 aromatic rings. The Balaban J connectivity index is 1.90. The van der Waals surface area contributed by atoms with Crippen LogP contribution in [0.5, 0.6) is 0 Å². The fourth-order valence-corrected chi connectivity index (χ4v) is 4.60. The molecule has 0 saturated carbocycles. The fourth-order valence-electron chi connectivity index (χ4n) is 2.60. The van der Waals surface area contributed by atoms with E-state index in [2.05, 4.69) is 31.7 Å². The average molecular weight is 473 g/mol. The summed E-state index contributed by atoms with van der Waals surface area (Å²) in [7, 11) is 3.33. The van der Waals surface area contributed by atoms with Gasteiger partial charge in [0.15, 0.2) is 10.3 Å². The lowest BCUT2D eigenvalue weighted by Gasteiger charge is -2.15. The van der Waals surface area contributed by atoms with Gasteiger partial charge in [0.2, 0.25) is 11.8 Å². The van der Waals surface area contributed by atoms with Gasteiger partial charge in [-0.1, -0.05) is 84.2 Å². The van der Waals surface area contributed by atoms with Crippen molar-refractivity contribution in [3.8, 4) is 0 Å². The van der Waals surface area contributed by atoms with Gasteiger partial charge in [-0.3, -0.25) is 9.59 Å². The molecule has 10 heteroatoms. The first-order valence-electron chi connectivity index (χ1n) is 10.00.